The molecule has 34 heavy (non-hydrogen) atoms. The second-order valence-electron chi connectivity index (χ2n) is 9.01. The standard InChI is InChI=1S/C22H27N9O2S/c1-13(2)26-22-17-11-24-20(9-18(17)31(29-22)14(3)4)27-19-7-8-23-21(28-19)15-10-25-30(12-15)34(32,33)16-5-6-16/h7-14,16H,5-6H2,1-4H3,(H,26,29)(H,23,24,27,28). The summed E-state index contributed by atoms with van der Waals surface area (Å²) >= 11 is 0. The van der Waals surface area contributed by atoms with Crippen LogP contribution in [0.3, 0.4) is 0 Å². The summed E-state index contributed by atoms with van der Waals surface area (Å²) in [5, 5.41) is 15.9. The number of pyridine rings is 1. The Morgan fingerprint density at radius 1 is 1.09 bits per heavy atom. The fourth-order valence-corrected chi connectivity index (χ4v) is 5.13. The molecule has 0 aromatic carbocycles. The Hall–Kier alpha value is -3.54. The SMILES string of the molecule is CC(C)Nc1nn(C(C)C)c2cc(Nc3ccnc(-c4cnn(S(=O)(=O)C5CC5)c4)n3)ncc12. The van der Waals surface area contributed by atoms with E-state index in [2.05, 4.69) is 58.4 Å². The molecule has 4 aromatic heterocycles. The van der Waals surface area contributed by atoms with Crippen LogP contribution < -0.4 is 10.6 Å². The summed E-state index contributed by atoms with van der Waals surface area (Å²) in [5.41, 5.74) is 1.48. The number of aromatic nitrogens is 7. The lowest BCUT2D eigenvalue weighted by molar-refractivity contribution is 0.551. The molecule has 1 aliphatic carbocycles. The average Bonchev–Trinajstić information content (AvgIpc) is 3.43. The van der Waals surface area contributed by atoms with Crippen molar-refractivity contribution in [2.45, 2.75) is 57.9 Å². The van der Waals surface area contributed by atoms with Crippen molar-refractivity contribution in [1.29, 1.82) is 0 Å². The van der Waals surface area contributed by atoms with E-state index in [-0.39, 0.29) is 17.3 Å². The Morgan fingerprint density at radius 2 is 1.88 bits per heavy atom. The minimum atomic E-state index is -3.44. The molecule has 0 saturated heterocycles. The van der Waals surface area contributed by atoms with Crippen LogP contribution in [0.4, 0.5) is 17.5 Å². The highest BCUT2D eigenvalue weighted by atomic mass is 32.2. The van der Waals surface area contributed by atoms with Gasteiger partial charge in [-0.3, -0.25) is 4.68 Å². The van der Waals surface area contributed by atoms with Crippen molar-refractivity contribution in [2.75, 3.05) is 10.6 Å². The Balaban J connectivity index is 1.43. The maximum absolute atomic E-state index is 12.4. The lowest BCUT2D eigenvalue weighted by Gasteiger charge is -2.09. The van der Waals surface area contributed by atoms with Gasteiger partial charge in [0.15, 0.2) is 11.6 Å². The lowest BCUT2D eigenvalue weighted by atomic mass is 10.2. The second-order valence-corrected chi connectivity index (χ2v) is 11.1. The molecule has 0 unspecified atom stereocenters. The van der Waals surface area contributed by atoms with E-state index >= 15 is 0 Å². The molecule has 5 rings (SSSR count). The molecule has 11 nitrogen and oxygen atoms in total. The van der Waals surface area contributed by atoms with E-state index in [1.165, 1.54) is 12.4 Å². The number of fused-ring (bicyclic) bond motifs is 1. The highest BCUT2D eigenvalue weighted by Gasteiger charge is 2.37. The molecule has 12 heteroatoms. The predicted molar refractivity (Wildman–Crippen MR) is 131 cm³/mol. The van der Waals surface area contributed by atoms with Crippen molar-refractivity contribution in [3.8, 4) is 11.4 Å². The number of hydrogen-bond donors (Lipinski definition) is 2. The van der Waals surface area contributed by atoms with Crippen LogP contribution in [0.1, 0.15) is 46.6 Å². The molecule has 0 bridgehead atoms. The first kappa shape index (κ1) is 22.3. The van der Waals surface area contributed by atoms with Gasteiger partial charge < -0.3 is 10.6 Å². The highest BCUT2D eigenvalue weighted by molar-refractivity contribution is 7.90. The van der Waals surface area contributed by atoms with E-state index in [1.54, 1.807) is 18.5 Å². The molecule has 0 spiro atoms. The van der Waals surface area contributed by atoms with Crippen molar-refractivity contribution in [3.05, 3.63) is 36.9 Å². The molecule has 0 amide bonds. The van der Waals surface area contributed by atoms with Gasteiger partial charge in [-0.15, -0.1) is 0 Å². The normalized spacial score (nSPS) is 14.3. The number of rotatable bonds is 8. The summed E-state index contributed by atoms with van der Waals surface area (Å²) in [7, 11) is -3.44. The van der Waals surface area contributed by atoms with Gasteiger partial charge in [-0.25, -0.2) is 23.4 Å². The van der Waals surface area contributed by atoms with Crippen LogP contribution >= 0.6 is 0 Å². The van der Waals surface area contributed by atoms with E-state index in [1.807, 2.05) is 10.7 Å². The van der Waals surface area contributed by atoms with Crippen LogP contribution in [0.25, 0.3) is 22.3 Å². The van der Waals surface area contributed by atoms with Crippen molar-refractivity contribution in [2.24, 2.45) is 0 Å². The average molecular weight is 482 g/mol. The van der Waals surface area contributed by atoms with Gasteiger partial charge in [-0.05, 0) is 46.6 Å². The molecule has 178 valence electrons. The fourth-order valence-electron chi connectivity index (χ4n) is 3.65. The van der Waals surface area contributed by atoms with Gasteiger partial charge in [0.1, 0.15) is 11.6 Å². The number of anilines is 3. The van der Waals surface area contributed by atoms with Crippen molar-refractivity contribution in [1.82, 2.24) is 33.9 Å². The third kappa shape index (κ3) is 4.20. The van der Waals surface area contributed by atoms with Crippen LogP contribution in [-0.2, 0) is 10.0 Å². The largest absolute Gasteiger partial charge is 0.366 e. The summed E-state index contributed by atoms with van der Waals surface area (Å²) in [6.45, 7) is 8.31. The maximum Gasteiger partial charge on any atom is 0.256 e. The van der Waals surface area contributed by atoms with Gasteiger partial charge in [0.05, 0.1) is 34.1 Å². The second kappa shape index (κ2) is 8.35. The summed E-state index contributed by atoms with van der Waals surface area (Å²) in [6, 6.07) is 4.09. The van der Waals surface area contributed by atoms with Crippen molar-refractivity contribution in [3.63, 3.8) is 0 Å². The van der Waals surface area contributed by atoms with Crippen LogP contribution in [-0.4, -0.2) is 53.6 Å². The summed E-state index contributed by atoms with van der Waals surface area (Å²) in [4.78, 5) is 13.4. The van der Waals surface area contributed by atoms with E-state index in [0.29, 0.717) is 35.9 Å². The fraction of sp³-hybridized carbons (Fsp3) is 0.409. The molecular formula is C22H27N9O2S. The smallest absolute Gasteiger partial charge is 0.256 e. The Labute approximate surface area is 197 Å². The van der Waals surface area contributed by atoms with Gasteiger partial charge >= 0.3 is 0 Å². The van der Waals surface area contributed by atoms with Crippen LogP contribution in [0.15, 0.2) is 36.9 Å². The summed E-state index contributed by atoms with van der Waals surface area (Å²) in [5.74, 6) is 2.33. The molecule has 0 radical (unpaired) electrons. The minimum Gasteiger partial charge on any atom is -0.366 e. The van der Waals surface area contributed by atoms with E-state index < -0.39 is 10.0 Å². The maximum atomic E-state index is 12.4. The molecule has 0 atom stereocenters. The quantitative estimate of drug-likeness (QED) is 0.387. The van der Waals surface area contributed by atoms with E-state index in [0.717, 1.165) is 20.8 Å². The third-order valence-electron chi connectivity index (χ3n) is 5.44. The first-order chi connectivity index (χ1) is 16.2. The Kier molecular flexibility index (Phi) is 5.47. The Morgan fingerprint density at radius 3 is 2.59 bits per heavy atom. The minimum absolute atomic E-state index is 0.176. The zero-order valence-electron chi connectivity index (χ0n) is 19.5. The number of nitrogens with zero attached hydrogens (tertiary/aromatic N) is 7. The van der Waals surface area contributed by atoms with Gasteiger partial charge in [0.25, 0.3) is 10.0 Å². The highest BCUT2D eigenvalue weighted by Crippen LogP contribution is 2.31. The van der Waals surface area contributed by atoms with Crippen molar-refractivity contribution >= 4 is 38.4 Å². The monoisotopic (exact) mass is 481 g/mol. The molecule has 2 N–H and O–H groups in total. The molecule has 1 fully saturated rings. The topological polar surface area (TPSA) is 133 Å². The predicted octanol–water partition coefficient (Wildman–Crippen LogP) is 3.57. The summed E-state index contributed by atoms with van der Waals surface area (Å²) in [6.07, 6.45) is 7.68. The molecule has 1 saturated carbocycles. The molecule has 1 aliphatic rings. The van der Waals surface area contributed by atoms with Crippen molar-refractivity contribution < 1.29 is 8.42 Å². The zero-order valence-corrected chi connectivity index (χ0v) is 20.3. The van der Waals surface area contributed by atoms with Gasteiger partial charge in [-0.1, -0.05) is 0 Å². The van der Waals surface area contributed by atoms with E-state index in [9.17, 15) is 8.42 Å². The zero-order chi connectivity index (χ0) is 24.0. The third-order valence-corrected chi connectivity index (χ3v) is 7.48. The van der Waals surface area contributed by atoms with Gasteiger partial charge in [-0.2, -0.15) is 14.3 Å². The van der Waals surface area contributed by atoms with Crippen LogP contribution in [0.2, 0.25) is 0 Å². The number of hydrogen-bond acceptors (Lipinski definition) is 9. The first-order valence-electron chi connectivity index (χ1n) is 11.3. The number of nitrogens with one attached hydrogen (secondary N) is 2. The lowest BCUT2D eigenvalue weighted by Crippen LogP contribution is -2.17. The van der Waals surface area contributed by atoms with Crippen LogP contribution in [0.5, 0.6) is 0 Å². The molecule has 4 aromatic rings. The van der Waals surface area contributed by atoms with Gasteiger partial charge in [0.2, 0.25) is 0 Å². The molecule has 4 heterocycles. The van der Waals surface area contributed by atoms with Gasteiger partial charge in [0, 0.05) is 30.5 Å². The summed E-state index contributed by atoms with van der Waals surface area (Å²) < 4.78 is 27.8. The first-order valence-corrected chi connectivity index (χ1v) is 12.8. The van der Waals surface area contributed by atoms with Crippen LogP contribution in [0, 0.1) is 0 Å². The van der Waals surface area contributed by atoms with E-state index in [4.69, 9.17) is 5.10 Å². The Bertz CT molecular complexity index is 1450. The molecular weight excluding hydrogens is 454 g/mol. The molecule has 0 aliphatic heterocycles.